The van der Waals surface area contributed by atoms with Gasteiger partial charge in [-0.25, -0.2) is 4.79 Å². The monoisotopic (exact) mass is 373 g/mol. The van der Waals surface area contributed by atoms with Crippen LogP contribution in [0.4, 0.5) is 5.00 Å². The van der Waals surface area contributed by atoms with E-state index in [0.717, 1.165) is 31.2 Å². The molecule has 0 radical (unpaired) electrons. The summed E-state index contributed by atoms with van der Waals surface area (Å²) >= 11 is 1.49. The highest BCUT2D eigenvalue weighted by Crippen LogP contribution is 2.40. The third-order valence-corrected chi connectivity index (χ3v) is 5.50. The number of ether oxygens (including phenoxy) is 1. The summed E-state index contributed by atoms with van der Waals surface area (Å²) in [5.41, 5.74) is 1.57. The smallest absolute Gasteiger partial charge is 0.341 e. The molecule has 2 aromatic heterocycles. The number of amides is 1. The number of carbonyl (C=O) groups excluding carboxylic acids is 2. The van der Waals surface area contributed by atoms with E-state index in [4.69, 9.17) is 9.15 Å². The highest BCUT2D eigenvalue weighted by molar-refractivity contribution is 7.17. The molecule has 2 aromatic rings. The van der Waals surface area contributed by atoms with Crippen LogP contribution in [0.3, 0.4) is 0 Å². The normalized spacial score (nSPS) is 16.5. The van der Waals surface area contributed by atoms with Gasteiger partial charge in [0.15, 0.2) is 0 Å². The van der Waals surface area contributed by atoms with Gasteiger partial charge in [0.2, 0.25) is 5.91 Å². The van der Waals surface area contributed by atoms with E-state index in [-0.39, 0.29) is 11.9 Å². The van der Waals surface area contributed by atoms with Gasteiger partial charge < -0.3 is 14.5 Å². The van der Waals surface area contributed by atoms with Crippen molar-refractivity contribution in [3.8, 4) is 0 Å². The van der Waals surface area contributed by atoms with Crippen LogP contribution in [0, 0.1) is 5.92 Å². The highest BCUT2D eigenvalue weighted by Gasteiger charge is 2.28. The van der Waals surface area contributed by atoms with E-state index in [1.165, 1.54) is 22.3 Å². The Morgan fingerprint density at radius 3 is 3.04 bits per heavy atom. The summed E-state index contributed by atoms with van der Waals surface area (Å²) in [5, 5.41) is 3.44. The van der Waals surface area contributed by atoms with Gasteiger partial charge in [0.05, 0.1) is 18.4 Å². The molecule has 1 amide bonds. The molecule has 1 aliphatic rings. The van der Waals surface area contributed by atoms with Crippen LogP contribution in [0.5, 0.6) is 0 Å². The minimum absolute atomic E-state index is 0.294. The van der Waals surface area contributed by atoms with E-state index in [1.54, 1.807) is 24.5 Å². The molecule has 138 valence electrons. The molecule has 0 aliphatic heterocycles. The number of hydrogen-bond donors (Lipinski definition) is 1. The fourth-order valence-electron chi connectivity index (χ4n) is 3.02. The molecule has 1 N–H and O–H groups in total. The van der Waals surface area contributed by atoms with Crippen LogP contribution in [0.1, 0.15) is 53.2 Å². The Morgan fingerprint density at radius 2 is 2.31 bits per heavy atom. The predicted octanol–water partition coefficient (Wildman–Crippen LogP) is 4.68. The summed E-state index contributed by atoms with van der Waals surface area (Å²) in [6.07, 6.45) is 8.15. The number of furan rings is 1. The lowest BCUT2D eigenvalue weighted by Crippen LogP contribution is -2.16. The fourth-order valence-corrected chi connectivity index (χ4v) is 4.42. The number of esters is 1. The number of hydrogen-bond acceptors (Lipinski definition) is 5. The Bertz CT molecular complexity index is 804. The number of rotatable bonds is 6. The third-order valence-electron chi connectivity index (χ3n) is 4.33. The number of thiophene rings is 1. The Hall–Kier alpha value is -2.34. The molecule has 1 atom stereocenters. The van der Waals surface area contributed by atoms with E-state index in [9.17, 15) is 9.59 Å². The third kappa shape index (κ3) is 4.25. The minimum atomic E-state index is -0.343. The van der Waals surface area contributed by atoms with Gasteiger partial charge in [0, 0.05) is 11.0 Å². The first kappa shape index (κ1) is 18.5. The fraction of sp³-hybridized carbons (Fsp3) is 0.400. The van der Waals surface area contributed by atoms with Crippen molar-refractivity contribution in [2.75, 3.05) is 11.9 Å². The van der Waals surface area contributed by atoms with Crippen LogP contribution >= 0.6 is 11.3 Å². The van der Waals surface area contributed by atoms with Crippen LogP contribution in [-0.4, -0.2) is 18.5 Å². The Balaban J connectivity index is 1.83. The van der Waals surface area contributed by atoms with E-state index < -0.39 is 0 Å². The van der Waals surface area contributed by atoms with Crippen LogP contribution in [-0.2, 0) is 22.4 Å². The first-order valence-electron chi connectivity index (χ1n) is 8.92. The lowest BCUT2D eigenvalue weighted by Gasteiger charge is -2.18. The number of fused-ring (bicyclic) bond motifs is 1. The van der Waals surface area contributed by atoms with Gasteiger partial charge in [-0.05, 0) is 55.4 Å². The Labute approximate surface area is 157 Å². The van der Waals surface area contributed by atoms with E-state index in [2.05, 4.69) is 12.2 Å². The molecule has 6 heteroatoms. The van der Waals surface area contributed by atoms with Gasteiger partial charge in [-0.3, -0.25) is 4.79 Å². The van der Waals surface area contributed by atoms with E-state index in [1.807, 2.05) is 6.92 Å². The van der Waals surface area contributed by atoms with Gasteiger partial charge in [-0.2, -0.15) is 0 Å². The second kappa shape index (κ2) is 8.36. The summed E-state index contributed by atoms with van der Waals surface area (Å²) in [6, 6.07) is 3.52. The van der Waals surface area contributed by atoms with Crippen molar-refractivity contribution >= 4 is 34.3 Å². The summed E-state index contributed by atoms with van der Waals surface area (Å²) in [6.45, 7) is 4.55. The van der Waals surface area contributed by atoms with Crippen molar-refractivity contribution < 1.29 is 18.7 Å². The predicted molar refractivity (Wildman–Crippen MR) is 102 cm³/mol. The molecule has 0 unspecified atom stereocenters. The van der Waals surface area contributed by atoms with Crippen LogP contribution in [0.2, 0.25) is 0 Å². The van der Waals surface area contributed by atoms with Crippen LogP contribution in [0.15, 0.2) is 28.9 Å². The largest absolute Gasteiger partial charge is 0.465 e. The molecule has 0 bridgehead atoms. The van der Waals surface area contributed by atoms with Crippen molar-refractivity contribution in [2.24, 2.45) is 5.92 Å². The van der Waals surface area contributed by atoms with Gasteiger partial charge in [0.25, 0.3) is 0 Å². The van der Waals surface area contributed by atoms with Gasteiger partial charge >= 0.3 is 5.97 Å². The molecular formula is C20H23NO4S. The molecule has 5 nitrogen and oxygen atoms in total. The topological polar surface area (TPSA) is 68.5 Å². The zero-order valence-corrected chi connectivity index (χ0v) is 15.9. The highest BCUT2D eigenvalue weighted by atomic mass is 32.1. The molecule has 3 rings (SSSR count). The molecule has 0 aromatic carbocycles. The van der Waals surface area contributed by atoms with E-state index >= 15 is 0 Å². The van der Waals surface area contributed by atoms with Gasteiger partial charge in [-0.15, -0.1) is 11.3 Å². The maximum Gasteiger partial charge on any atom is 0.341 e. The van der Waals surface area contributed by atoms with Crippen molar-refractivity contribution in [3.63, 3.8) is 0 Å². The average molecular weight is 373 g/mol. The molecule has 2 heterocycles. The minimum Gasteiger partial charge on any atom is -0.465 e. The summed E-state index contributed by atoms with van der Waals surface area (Å²) in [4.78, 5) is 26.0. The maximum absolute atomic E-state index is 12.6. The maximum atomic E-state index is 12.6. The zero-order valence-electron chi connectivity index (χ0n) is 15.0. The zero-order chi connectivity index (χ0) is 18.5. The quantitative estimate of drug-likeness (QED) is 0.589. The lowest BCUT2D eigenvalue weighted by atomic mass is 9.88. The molecule has 0 saturated heterocycles. The molecule has 0 saturated carbocycles. The van der Waals surface area contributed by atoms with Crippen molar-refractivity contribution in [1.82, 2.24) is 0 Å². The SMILES string of the molecule is CCCOC(=O)c1c(NC(=O)/C=C/c2ccco2)sc2c1CC[C@H](C)C2. The van der Waals surface area contributed by atoms with Gasteiger partial charge in [0.1, 0.15) is 10.8 Å². The van der Waals surface area contributed by atoms with Crippen molar-refractivity contribution in [1.29, 1.82) is 0 Å². The first-order valence-corrected chi connectivity index (χ1v) is 9.74. The summed E-state index contributed by atoms with van der Waals surface area (Å²) in [5.74, 6) is 0.548. The van der Waals surface area contributed by atoms with Crippen molar-refractivity contribution in [2.45, 2.75) is 39.5 Å². The number of anilines is 1. The first-order chi connectivity index (χ1) is 12.6. The second-order valence-corrected chi connectivity index (χ2v) is 7.63. The van der Waals surface area contributed by atoms with Crippen LogP contribution < -0.4 is 5.32 Å². The molecule has 1 aliphatic carbocycles. The van der Waals surface area contributed by atoms with Gasteiger partial charge in [-0.1, -0.05) is 13.8 Å². The summed E-state index contributed by atoms with van der Waals surface area (Å²) < 4.78 is 10.5. The van der Waals surface area contributed by atoms with Crippen LogP contribution in [0.25, 0.3) is 6.08 Å². The summed E-state index contributed by atoms with van der Waals surface area (Å²) in [7, 11) is 0. The Kier molecular flexibility index (Phi) is 5.93. The number of carbonyl (C=O) groups is 2. The molecule has 26 heavy (non-hydrogen) atoms. The Morgan fingerprint density at radius 1 is 1.46 bits per heavy atom. The van der Waals surface area contributed by atoms with Crippen molar-refractivity contribution in [3.05, 3.63) is 46.2 Å². The number of nitrogens with one attached hydrogen (secondary N) is 1. The van der Waals surface area contributed by atoms with E-state index in [0.29, 0.717) is 28.8 Å². The molecular weight excluding hydrogens is 350 g/mol. The molecule has 0 spiro atoms. The standard InChI is InChI=1S/C20H23NO4S/c1-3-10-25-20(23)18-15-8-6-13(2)12-16(15)26-19(18)21-17(22)9-7-14-5-4-11-24-14/h4-5,7,9,11,13H,3,6,8,10,12H2,1-2H3,(H,21,22)/b9-7+/t13-/m0/s1. The average Bonchev–Trinajstić information content (AvgIpc) is 3.24. The lowest BCUT2D eigenvalue weighted by molar-refractivity contribution is -0.111. The molecule has 0 fully saturated rings. The second-order valence-electron chi connectivity index (χ2n) is 6.53.